The molecule has 0 saturated heterocycles. The lowest BCUT2D eigenvalue weighted by Gasteiger charge is -2.18. The molecule has 0 fully saturated rings. The van der Waals surface area contributed by atoms with Crippen LogP contribution in [0.1, 0.15) is 27.2 Å². The number of anilines is 1. The smallest absolute Gasteiger partial charge is 0.244 e. The zero-order valence-electron chi connectivity index (χ0n) is 12.3. The minimum atomic E-state index is -3.89. The zero-order valence-corrected chi connectivity index (χ0v) is 13.1. The highest BCUT2D eigenvalue weighted by molar-refractivity contribution is 7.89. The van der Waals surface area contributed by atoms with Crippen molar-refractivity contribution in [2.45, 2.75) is 38.1 Å². The molecular formula is C12H21N5O3S. The van der Waals surface area contributed by atoms with Gasteiger partial charge in [0, 0.05) is 6.54 Å². The minimum absolute atomic E-state index is 0.114. The van der Waals surface area contributed by atoms with Crippen molar-refractivity contribution >= 4 is 21.9 Å². The van der Waals surface area contributed by atoms with E-state index in [1.54, 1.807) is 13.8 Å². The van der Waals surface area contributed by atoms with Crippen molar-refractivity contribution in [3.8, 4) is 0 Å². The number of amides is 1. The van der Waals surface area contributed by atoms with Crippen molar-refractivity contribution in [3.05, 3.63) is 12.4 Å². The minimum Gasteiger partial charge on any atom is -0.368 e. The fraction of sp³-hybridized carbons (Fsp3) is 0.583. The summed E-state index contributed by atoms with van der Waals surface area (Å²) in [5.41, 5.74) is 5.19. The first-order chi connectivity index (χ1) is 9.77. The van der Waals surface area contributed by atoms with Crippen LogP contribution in [0.2, 0.25) is 0 Å². The number of carbonyl (C=O) groups is 1. The maximum atomic E-state index is 12.2. The van der Waals surface area contributed by atoms with Crippen molar-refractivity contribution in [3.63, 3.8) is 0 Å². The summed E-state index contributed by atoms with van der Waals surface area (Å²) >= 11 is 0. The lowest BCUT2D eigenvalue weighted by Crippen LogP contribution is -2.47. The Labute approximate surface area is 124 Å². The second kappa shape index (κ2) is 7.32. The van der Waals surface area contributed by atoms with Crippen molar-refractivity contribution in [2.75, 3.05) is 11.9 Å². The largest absolute Gasteiger partial charge is 0.368 e. The molecule has 1 atom stereocenters. The summed E-state index contributed by atoms with van der Waals surface area (Å²) in [6.45, 7) is 6.09. The van der Waals surface area contributed by atoms with E-state index >= 15 is 0 Å². The molecule has 0 bridgehead atoms. The van der Waals surface area contributed by atoms with Crippen LogP contribution in [0.15, 0.2) is 17.3 Å². The van der Waals surface area contributed by atoms with Gasteiger partial charge in [-0.15, -0.1) is 0 Å². The predicted octanol–water partition coefficient (Wildman–Crippen LogP) is 0.0867. The first-order valence-electron chi connectivity index (χ1n) is 6.65. The lowest BCUT2D eigenvalue weighted by molar-refractivity contribution is -0.120. The van der Waals surface area contributed by atoms with E-state index in [0.717, 1.165) is 6.42 Å². The number of nitrogens with one attached hydrogen (secondary N) is 2. The highest BCUT2D eigenvalue weighted by Crippen LogP contribution is 2.11. The average Bonchev–Trinajstić information content (AvgIpc) is 2.42. The van der Waals surface area contributed by atoms with Gasteiger partial charge >= 0.3 is 0 Å². The van der Waals surface area contributed by atoms with Crippen LogP contribution in [0, 0.1) is 5.92 Å². The van der Waals surface area contributed by atoms with Crippen LogP contribution in [0.3, 0.4) is 0 Å². The van der Waals surface area contributed by atoms with Gasteiger partial charge in [0.05, 0.1) is 12.4 Å². The highest BCUT2D eigenvalue weighted by Gasteiger charge is 2.27. The van der Waals surface area contributed by atoms with Crippen molar-refractivity contribution in [1.82, 2.24) is 14.7 Å². The molecule has 0 aliphatic rings. The van der Waals surface area contributed by atoms with Gasteiger partial charge in [-0.1, -0.05) is 20.8 Å². The van der Waals surface area contributed by atoms with Gasteiger partial charge in [-0.25, -0.2) is 18.4 Å². The fourth-order valence-electron chi connectivity index (χ4n) is 1.54. The molecule has 21 heavy (non-hydrogen) atoms. The van der Waals surface area contributed by atoms with Crippen molar-refractivity contribution < 1.29 is 13.2 Å². The molecule has 4 N–H and O–H groups in total. The number of sulfonamides is 1. The molecule has 118 valence electrons. The van der Waals surface area contributed by atoms with Crippen LogP contribution in [-0.2, 0) is 14.8 Å². The Bertz CT molecular complexity index is 571. The van der Waals surface area contributed by atoms with Gasteiger partial charge in [-0.05, 0) is 12.3 Å². The predicted molar refractivity (Wildman–Crippen MR) is 79.0 cm³/mol. The van der Waals surface area contributed by atoms with Crippen LogP contribution in [0.4, 0.5) is 5.95 Å². The van der Waals surface area contributed by atoms with E-state index in [2.05, 4.69) is 20.0 Å². The standard InChI is InChI=1S/C12H21N5O3S/c1-4-5-14-12-15-6-9(7-16-12)21(19,20)17-10(8(2)3)11(13)18/h6-8,10,17H,4-5H2,1-3H3,(H2,13,18)(H,14,15,16). The number of carbonyl (C=O) groups excluding carboxylic acids is 1. The third kappa shape index (κ3) is 4.94. The topological polar surface area (TPSA) is 127 Å². The maximum absolute atomic E-state index is 12.2. The Morgan fingerprint density at radius 3 is 2.33 bits per heavy atom. The number of hydrogen-bond acceptors (Lipinski definition) is 6. The van der Waals surface area contributed by atoms with Crippen LogP contribution in [-0.4, -0.2) is 36.9 Å². The summed E-state index contributed by atoms with van der Waals surface area (Å²) < 4.78 is 26.6. The SMILES string of the molecule is CCCNc1ncc(S(=O)(=O)NC(C(N)=O)C(C)C)cn1. The second-order valence-corrected chi connectivity index (χ2v) is 6.63. The molecule has 0 saturated carbocycles. The van der Waals surface area contributed by atoms with Crippen molar-refractivity contribution in [1.29, 1.82) is 0 Å². The molecule has 1 aromatic heterocycles. The molecule has 8 nitrogen and oxygen atoms in total. The third-order valence-electron chi connectivity index (χ3n) is 2.73. The van der Waals surface area contributed by atoms with E-state index in [-0.39, 0.29) is 10.8 Å². The number of primary amides is 1. The summed E-state index contributed by atoms with van der Waals surface area (Å²) in [5, 5.41) is 2.94. The van der Waals surface area contributed by atoms with E-state index in [9.17, 15) is 13.2 Å². The van der Waals surface area contributed by atoms with Crippen LogP contribution in [0.25, 0.3) is 0 Å². The molecule has 0 aromatic carbocycles. The van der Waals surface area contributed by atoms with Crippen LogP contribution in [0.5, 0.6) is 0 Å². The Hall–Kier alpha value is -1.74. The number of aromatic nitrogens is 2. The van der Waals surface area contributed by atoms with Crippen LogP contribution >= 0.6 is 0 Å². The maximum Gasteiger partial charge on any atom is 0.244 e. The number of nitrogens with zero attached hydrogens (tertiary/aromatic N) is 2. The normalized spacial score (nSPS) is 13.1. The van der Waals surface area contributed by atoms with E-state index in [1.165, 1.54) is 12.4 Å². The molecular weight excluding hydrogens is 294 g/mol. The Kier molecular flexibility index (Phi) is 6.03. The number of nitrogens with two attached hydrogens (primary N) is 1. The quantitative estimate of drug-likeness (QED) is 0.624. The average molecular weight is 315 g/mol. The van der Waals surface area contributed by atoms with Gasteiger partial charge in [0.1, 0.15) is 10.9 Å². The van der Waals surface area contributed by atoms with Gasteiger partial charge < -0.3 is 11.1 Å². The summed E-state index contributed by atoms with van der Waals surface area (Å²) in [6.07, 6.45) is 3.27. The summed E-state index contributed by atoms with van der Waals surface area (Å²) in [5.74, 6) is -0.634. The monoisotopic (exact) mass is 315 g/mol. The highest BCUT2D eigenvalue weighted by atomic mass is 32.2. The Morgan fingerprint density at radius 2 is 1.90 bits per heavy atom. The first-order valence-corrected chi connectivity index (χ1v) is 8.13. The lowest BCUT2D eigenvalue weighted by atomic mass is 10.1. The molecule has 1 rings (SSSR count). The summed E-state index contributed by atoms with van der Waals surface area (Å²) in [7, 11) is -3.89. The molecule has 9 heteroatoms. The molecule has 0 spiro atoms. The summed E-state index contributed by atoms with van der Waals surface area (Å²) in [4.78, 5) is 19.0. The van der Waals surface area contributed by atoms with E-state index in [4.69, 9.17) is 5.73 Å². The molecule has 1 unspecified atom stereocenters. The van der Waals surface area contributed by atoms with Gasteiger partial charge in [-0.2, -0.15) is 4.72 Å². The van der Waals surface area contributed by atoms with Gasteiger partial charge in [0.2, 0.25) is 21.9 Å². The van der Waals surface area contributed by atoms with E-state index < -0.39 is 22.0 Å². The fourth-order valence-corrected chi connectivity index (χ4v) is 2.78. The molecule has 1 amide bonds. The third-order valence-corrected chi connectivity index (χ3v) is 4.12. The van der Waals surface area contributed by atoms with Gasteiger partial charge in [0.25, 0.3) is 0 Å². The van der Waals surface area contributed by atoms with Crippen molar-refractivity contribution in [2.24, 2.45) is 11.7 Å². The van der Waals surface area contributed by atoms with Gasteiger partial charge in [-0.3, -0.25) is 4.79 Å². The molecule has 1 aromatic rings. The number of hydrogen-bond donors (Lipinski definition) is 3. The first kappa shape index (κ1) is 17.3. The van der Waals surface area contributed by atoms with E-state index in [0.29, 0.717) is 12.5 Å². The second-order valence-electron chi connectivity index (χ2n) is 4.91. The van der Waals surface area contributed by atoms with Gasteiger partial charge in [0.15, 0.2) is 0 Å². The van der Waals surface area contributed by atoms with E-state index in [1.807, 2.05) is 6.92 Å². The Balaban J connectivity index is 2.89. The molecule has 0 radical (unpaired) electrons. The van der Waals surface area contributed by atoms with Crippen LogP contribution < -0.4 is 15.8 Å². The zero-order chi connectivity index (χ0) is 16.0. The summed E-state index contributed by atoms with van der Waals surface area (Å²) in [6, 6.07) is -0.979. The number of rotatable bonds is 8. The molecule has 1 heterocycles. The molecule has 0 aliphatic carbocycles. The Morgan fingerprint density at radius 1 is 1.33 bits per heavy atom. The molecule has 0 aliphatic heterocycles.